The summed E-state index contributed by atoms with van der Waals surface area (Å²) >= 11 is 0. The quantitative estimate of drug-likeness (QED) is 0.430. The molecule has 1 atom stereocenters. The van der Waals surface area contributed by atoms with Crippen LogP contribution in [-0.2, 0) is 14.9 Å². The minimum Gasteiger partial charge on any atom is -0.747 e. The zero-order valence-electron chi connectivity index (χ0n) is 8.31. The first kappa shape index (κ1) is 15.5. The van der Waals surface area contributed by atoms with Crippen molar-refractivity contribution in [2.75, 3.05) is 0 Å². The van der Waals surface area contributed by atoms with Crippen molar-refractivity contribution in [3.63, 3.8) is 0 Å². The normalized spacial score (nSPS) is 12.6. The van der Waals surface area contributed by atoms with Gasteiger partial charge in [-0.15, -0.1) is 0 Å². The maximum atomic E-state index is 13.1. The van der Waals surface area contributed by atoms with Crippen molar-refractivity contribution in [2.24, 2.45) is 0 Å². The van der Waals surface area contributed by atoms with Crippen LogP contribution in [0.2, 0.25) is 0 Å². The van der Waals surface area contributed by atoms with Crippen molar-refractivity contribution in [3.8, 4) is 0 Å². The third-order valence-electron chi connectivity index (χ3n) is 1.71. The molecule has 0 aliphatic heterocycles. The fourth-order valence-corrected chi connectivity index (χ4v) is 1.88. The minimum absolute atomic E-state index is 0. The fourth-order valence-electron chi connectivity index (χ4n) is 1.12. The molecule has 1 amide bonds. The largest absolute Gasteiger partial charge is 1.00 e. The van der Waals surface area contributed by atoms with Crippen molar-refractivity contribution in [2.45, 2.75) is 5.25 Å². The maximum Gasteiger partial charge on any atom is 1.00 e. The van der Waals surface area contributed by atoms with Gasteiger partial charge in [-0.3, -0.25) is 10.5 Å². The average Bonchev–Trinajstić information content (AvgIpc) is 2.05. The van der Waals surface area contributed by atoms with Crippen LogP contribution >= 0.6 is 0 Å². The molecular formula is C8H6FNNaO4S. The van der Waals surface area contributed by atoms with Gasteiger partial charge in [0, 0.05) is 5.56 Å². The van der Waals surface area contributed by atoms with Crippen LogP contribution < -0.4 is 35.3 Å². The molecule has 0 saturated heterocycles. The molecule has 1 aromatic rings. The number of nitrogens with one attached hydrogen (secondary N) is 1. The van der Waals surface area contributed by atoms with E-state index in [1.165, 1.54) is 12.1 Å². The SMILES string of the molecule is [NH]C(=O)C(c1ccccc1F)S(=O)(=O)[O-].[Na+]. The third kappa shape index (κ3) is 3.53. The minimum atomic E-state index is -5.07. The van der Waals surface area contributed by atoms with E-state index in [2.05, 4.69) is 0 Å². The number of amides is 1. The average molecular weight is 254 g/mol. The van der Waals surface area contributed by atoms with Crippen molar-refractivity contribution in [1.82, 2.24) is 5.73 Å². The molecule has 0 fully saturated rings. The van der Waals surface area contributed by atoms with Gasteiger partial charge in [-0.25, -0.2) is 12.8 Å². The van der Waals surface area contributed by atoms with Crippen LogP contribution in [0.1, 0.15) is 10.8 Å². The topological polar surface area (TPSA) is 98.1 Å². The molecule has 16 heavy (non-hydrogen) atoms. The number of carbonyl (C=O) groups excluding carboxylic acids is 1. The molecule has 8 heteroatoms. The summed E-state index contributed by atoms with van der Waals surface area (Å²) < 4.78 is 45.1. The van der Waals surface area contributed by atoms with Crippen LogP contribution in [0.5, 0.6) is 0 Å². The van der Waals surface area contributed by atoms with E-state index in [0.29, 0.717) is 0 Å². The van der Waals surface area contributed by atoms with Crippen LogP contribution in [0, 0.1) is 5.82 Å². The van der Waals surface area contributed by atoms with E-state index in [9.17, 15) is 22.2 Å². The molecule has 0 bridgehead atoms. The molecule has 81 valence electrons. The molecule has 1 aromatic carbocycles. The van der Waals surface area contributed by atoms with E-state index < -0.39 is 32.7 Å². The summed E-state index contributed by atoms with van der Waals surface area (Å²) in [5, 5.41) is -2.29. The van der Waals surface area contributed by atoms with Gasteiger partial charge in [-0.2, -0.15) is 0 Å². The summed E-state index contributed by atoms with van der Waals surface area (Å²) in [6.45, 7) is 0. The predicted octanol–water partition coefficient (Wildman–Crippen LogP) is -2.77. The van der Waals surface area contributed by atoms with Gasteiger partial charge in [-0.1, -0.05) is 18.2 Å². The first-order valence-electron chi connectivity index (χ1n) is 3.78. The summed E-state index contributed by atoms with van der Waals surface area (Å²) in [5.74, 6) is -2.64. The molecule has 1 radical (unpaired) electrons. The Balaban J connectivity index is 0.00000225. The summed E-state index contributed by atoms with van der Waals surface area (Å²) in [7, 11) is -5.07. The molecule has 0 aliphatic rings. The van der Waals surface area contributed by atoms with Crippen LogP contribution in [0.25, 0.3) is 0 Å². The van der Waals surface area contributed by atoms with Gasteiger partial charge in [-0.05, 0) is 6.07 Å². The zero-order valence-corrected chi connectivity index (χ0v) is 11.1. The predicted molar refractivity (Wildman–Crippen MR) is 46.9 cm³/mol. The Bertz CT molecular complexity index is 491. The Morgan fingerprint density at radius 3 is 2.25 bits per heavy atom. The van der Waals surface area contributed by atoms with Crippen LogP contribution in [0.15, 0.2) is 24.3 Å². The second-order valence-electron chi connectivity index (χ2n) is 2.76. The molecule has 0 spiro atoms. The van der Waals surface area contributed by atoms with Gasteiger partial charge in [0.2, 0.25) is 0 Å². The molecule has 0 heterocycles. The van der Waals surface area contributed by atoms with Gasteiger partial charge in [0.15, 0.2) is 5.25 Å². The third-order valence-corrected chi connectivity index (χ3v) is 2.76. The van der Waals surface area contributed by atoms with Crippen LogP contribution in [-0.4, -0.2) is 18.9 Å². The first-order chi connectivity index (χ1) is 6.84. The molecule has 1 rings (SSSR count). The Morgan fingerprint density at radius 2 is 1.88 bits per heavy atom. The zero-order chi connectivity index (χ0) is 11.6. The van der Waals surface area contributed by atoms with Crippen molar-refractivity contribution in [1.29, 1.82) is 0 Å². The van der Waals surface area contributed by atoms with Crippen molar-refractivity contribution < 1.29 is 51.7 Å². The summed E-state index contributed by atoms with van der Waals surface area (Å²) in [6.07, 6.45) is 0. The van der Waals surface area contributed by atoms with Crippen LogP contribution in [0.3, 0.4) is 0 Å². The number of rotatable bonds is 3. The maximum absolute atomic E-state index is 13.1. The van der Waals surface area contributed by atoms with E-state index >= 15 is 0 Å². The van der Waals surface area contributed by atoms with E-state index in [0.717, 1.165) is 12.1 Å². The fraction of sp³-hybridized carbons (Fsp3) is 0.125. The Kier molecular flexibility index (Phi) is 5.57. The first-order valence-corrected chi connectivity index (χ1v) is 5.25. The molecule has 0 aromatic heterocycles. The summed E-state index contributed by atoms with van der Waals surface area (Å²) in [5.41, 5.74) is 6.05. The Hall–Kier alpha value is -0.470. The smallest absolute Gasteiger partial charge is 0.747 e. The molecule has 1 unspecified atom stereocenters. The Labute approximate surface area is 114 Å². The van der Waals surface area contributed by atoms with Gasteiger partial charge in [0.05, 0.1) is 0 Å². The summed E-state index contributed by atoms with van der Waals surface area (Å²) in [4.78, 5) is 10.7. The molecular weight excluding hydrogens is 248 g/mol. The van der Waals surface area contributed by atoms with E-state index in [1.54, 1.807) is 0 Å². The van der Waals surface area contributed by atoms with E-state index in [1.807, 2.05) is 0 Å². The number of benzene rings is 1. The van der Waals surface area contributed by atoms with E-state index in [-0.39, 0.29) is 29.6 Å². The monoisotopic (exact) mass is 254 g/mol. The second-order valence-corrected chi connectivity index (χ2v) is 4.22. The Morgan fingerprint density at radius 1 is 1.38 bits per heavy atom. The standard InChI is InChI=1S/C8H7FNO4S.Na/c9-6-4-2-1-3-5(6)7(8(10)11)15(12,13)14;/h1-4,7,10H,(H,12,13,14);/q;+1/p-1. The van der Waals surface area contributed by atoms with Crippen molar-refractivity contribution >= 4 is 16.0 Å². The van der Waals surface area contributed by atoms with Gasteiger partial charge >= 0.3 is 29.6 Å². The molecule has 1 N–H and O–H groups in total. The van der Waals surface area contributed by atoms with Gasteiger partial charge < -0.3 is 4.55 Å². The molecule has 5 nitrogen and oxygen atoms in total. The van der Waals surface area contributed by atoms with Gasteiger partial charge in [0.1, 0.15) is 15.9 Å². The molecule has 0 saturated carbocycles. The van der Waals surface area contributed by atoms with E-state index in [4.69, 9.17) is 5.73 Å². The van der Waals surface area contributed by atoms with Gasteiger partial charge in [0.25, 0.3) is 5.91 Å². The molecule has 0 aliphatic carbocycles. The number of hydrogen-bond donors (Lipinski definition) is 0. The van der Waals surface area contributed by atoms with Crippen molar-refractivity contribution in [3.05, 3.63) is 35.6 Å². The number of carbonyl (C=O) groups is 1. The number of hydrogen-bond acceptors (Lipinski definition) is 4. The van der Waals surface area contributed by atoms with Crippen LogP contribution in [0.4, 0.5) is 4.39 Å². The number of halogens is 1. The second kappa shape index (κ2) is 5.74. The summed E-state index contributed by atoms with van der Waals surface area (Å²) in [6, 6.07) is 4.46.